The van der Waals surface area contributed by atoms with Gasteiger partial charge in [-0.05, 0) is 43.6 Å². The highest BCUT2D eigenvalue weighted by Gasteiger charge is 2.16. The molecule has 2 nitrogen and oxygen atoms in total. The van der Waals surface area contributed by atoms with Gasteiger partial charge in [0.05, 0.1) is 6.61 Å². The van der Waals surface area contributed by atoms with Crippen LogP contribution in [0.4, 0.5) is 4.39 Å². The Kier molecular flexibility index (Phi) is 3.59. The third-order valence-electron chi connectivity index (χ3n) is 2.54. The van der Waals surface area contributed by atoms with Gasteiger partial charge in [0.25, 0.3) is 0 Å². The molecule has 0 atom stereocenters. The Labute approximate surface area is 96.9 Å². The summed E-state index contributed by atoms with van der Waals surface area (Å²) in [6, 6.07) is 4.73. The molecule has 0 bridgehead atoms. The molecular formula is C11H13BrFNO. The lowest BCUT2D eigenvalue weighted by atomic mass is 10.0. The van der Waals surface area contributed by atoms with E-state index in [2.05, 4.69) is 21.2 Å². The molecule has 15 heavy (non-hydrogen) atoms. The molecule has 2 rings (SSSR count). The van der Waals surface area contributed by atoms with Crippen molar-refractivity contribution in [2.24, 2.45) is 5.92 Å². The second-order valence-corrected chi connectivity index (χ2v) is 4.65. The van der Waals surface area contributed by atoms with Gasteiger partial charge < -0.3 is 10.1 Å². The first-order valence-corrected chi connectivity index (χ1v) is 5.83. The van der Waals surface area contributed by atoms with E-state index in [1.54, 1.807) is 12.1 Å². The minimum absolute atomic E-state index is 0.301. The van der Waals surface area contributed by atoms with Crippen LogP contribution in [0.1, 0.15) is 6.42 Å². The highest BCUT2D eigenvalue weighted by Crippen LogP contribution is 2.22. The van der Waals surface area contributed by atoms with Gasteiger partial charge in [-0.1, -0.05) is 15.9 Å². The summed E-state index contributed by atoms with van der Waals surface area (Å²) in [5.41, 5.74) is 0. The molecule has 4 heteroatoms. The van der Waals surface area contributed by atoms with Crippen LogP contribution >= 0.6 is 15.9 Å². The molecule has 0 amide bonds. The van der Waals surface area contributed by atoms with Crippen molar-refractivity contribution in [3.05, 3.63) is 28.5 Å². The first-order valence-electron chi connectivity index (χ1n) is 5.04. The maximum absolute atomic E-state index is 13.2. The van der Waals surface area contributed by atoms with Crippen molar-refractivity contribution in [2.75, 3.05) is 19.7 Å². The molecular weight excluding hydrogens is 261 g/mol. The SMILES string of the molecule is Fc1ccc(Br)cc1OCCC1CNC1. The van der Waals surface area contributed by atoms with Crippen molar-refractivity contribution in [3.8, 4) is 5.75 Å². The molecule has 0 aliphatic carbocycles. The van der Waals surface area contributed by atoms with Crippen LogP contribution in [0.2, 0.25) is 0 Å². The molecule has 0 unspecified atom stereocenters. The van der Waals surface area contributed by atoms with Gasteiger partial charge in [-0.15, -0.1) is 0 Å². The Balaban J connectivity index is 1.83. The Morgan fingerprint density at radius 1 is 1.47 bits per heavy atom. The fraction of sp³-hybridized carbons (Fsp3) is 0.455. The van der Waals surface area contributed by atoms with E-state index in [4.69, 9.17) is 4.74 Å². The molecule has 1 N–H and O–H groups in total. The van der Waals surface area contributed by atoms with Gasteiger partial charge in [0.15, 0.2) is 11.6 Å². The highest BCUT2D eigenvalue weighted by atomic mass is 79.9. The van der Waals surface area contributed by atoms with Crippen LogP contribution in [0.15, 0.2) is 22.7 Å². The van der Waals surface area contributed by atoms with Crippen molar-refractivity contribution in [3.63, 3.8) is 0 Å². The van der Waals surface area contributed by atoms with E-state index in [0.29, 0.717) is 18.3 Å². The Bertz CT molecular complexity index is 341. The third-order valence-corrected chi connectivity index (χ3v) is 3.04. The largest absolute Gasteiger partial charge is 0.490 e. The molecule has 1 aromatic carbocycles. The van der Waals surface area contributed by atoms with E-state index in [-0.39, 0.29) is 5.82 Å². The smallest absolute Gasteiger partial charge is 0.165 e. The van der Waals surface area contributed by atoms with Crippen LogP contribution in [-0.4, -0.2) is 19.7 Å². The quantitative estimate of drug-likeness (QED) is 0.911. The monoisotopic (exact) mass is 273 g/mol. The lowest BCUT2D eigenvalue weighted by Crippen LogP contribution is -2.42. The Morgan fingerprint density at radius 3 is 2.93 bits per heavy atom. The normalized spacial score (nSPS) is 16.1. The predicted molar refractivity (Wildman–Crippen MR) is 60.6 cm³/mol. The van der Waals surface area contributed by atoms with Crippen LogP contribution in [0, 0.1) is 11.7 Å². The van der Waals surface area contributed by atoms with Crippen molar-refractivity contribution in [1.82, 2.24) is 5.32 Å². The van der Waals surface area contributed by atoms with Crippen molar-refractivity contribution in [2.45, 2.75) is 6.42 Å². The maximum Gasteiger partial charge on any atom is 0.165 e. The molecule has 1 fully saturated rings. The summed E-state index contributed by atoms with van der Waals surface area (Å²) in [5.74, 6) is 0.724. The van der Waals surface area contributed by atoms with E-state index in [9.17, 15) is 4.39 Å². The number of halogens is 2. The molecule has 1 aliphatic rings. The van der Waals surface area contributed by atoms with Gasteiger partial charge in [0, 0.05) is 4.47 Å². The Hall–Kier alpha value is -0.610. The van der Waals surface area contributed by atoms with Gasteiger partial charge in [0.2, 0.25) is 0 Å². The standard InChI is InChI=1S/C11H13BrFNO/c12-9-1-2-10(13)11(5-9)15-4-3-8-6-14-7-8/h1-2,5,8,14H,3-4,6-7H2. The van der Waals surface area contributed by atoms with Crippen molar-refractivity contribution >= 4 is 15.9 Å². The average Bonchev–Trinajstić information content (AvgIpc) is 2.15. The molecule has 1 saturated heterocycles. The number of ether oxygens (including phenoxy) is 1. The lowest BCUT2D eigenvalue weighted by Gasteiger charge is -2.26. The molecule has 0 radical (unpaired) electrons. The Morgan fingerprint density at radius 2 is 2.27 bits per heavy atom. The molecule has 1 aliphatic heterocycles. The lowest BCUT2D eigenvalue weighted by molar-refractivity contribution is 0.232. The van der Waals surface area contributed by atoms with Crippen LogP contribution < -0.4 is 10.1 Å². The first-order chi connectivity index (χ1) is 7.25. The summed E-state index contributed by atoms with van der Waals surface area (Å²) < 4.78 is 19.5. The number of hydrogen-bond donors (Lipinski definition) is 1. The van der Waals surface area contributed by atoms with Crippen LogP contribution in [0.3, 0.4) is 0 Å². The molecule has 82 valence electrons. The van der Waals surface area contributed by atoms with Crippen LogP contribution in [0.5, 0.6) is 5.75 Å². The predicted octanol–water partition coefficient (Wildman–Crippen LogP) is 2.58. The molecule has 0 spiro atoms. The fourth-order valence-electron chi connectivity index (χ4n) is 1.48. The minimum atomic E-state index is -0.301. The van der Waals surface area contributed by atoms with E-state index >= 15 is 0 Å². The zero-order valence-corrected chi connectivity index (χ0v) is 9.89. The van der Waals surface area contributed by atoms with E-state index in [1.807, 2.05) is 0 Å². The summed E-state index contributed by atoms with van der Waals surface area (Å²) in [5, 5.41) is 3.19. The number of rotatable bonds is 4. The van der Waals surface area contributed by atoms with Gasteiger partial charge in [-0.3, -0.25) is 0 Å². The van der Waals surface area contributed by atoms with Crippen LogP contribution in [-0.2, 0) is 0 Å². The summed E-state index contributed by atoms with van der Waals surface area (Å²) in [6.07, 6.45) is 0.985. The molecule has 1 heterocycles. The zero-order valence-electron chi connectivity index (χ0n) is 8.30. The second-order valence-electron chi connectivity index (χ2n) is 3.74. The van der Waals surface area contributed by atoms with E-state index in [1.165, 1.54) is 6.07 Å². The highest BCUT2D eigenvalue weighted by molar-refractivity contribution is 9.10. The summed E-state index contributed by atoms with van der Waals surface area (Å²) >= 11 is 3.29. The first kappa shape index (κ1) is 10.9. The number of benzene rings is 1. The van der Waals surface area contributed by atoms with Crippen molar-refractivity contribution < 1.29 is 9.13 Å². The van der Waals surface area contributed by atoms with Gasteiger partial charge in [0.1, 0.15) is 0 Å². The van der Waals surface area contributed by atoms with Gasteiger partial charge >= 0.3 is 0 Å². The minimum Gasteiger partial charge on any atom is -0.490 e. The van der Waals surface area contributed by atoms with E-state index < -0.39 is 0 Å². The molecule has 0 aromatic heterocycles. The van der Waals surface area contributed by atoms with Crippen LogP contribution in [0.25, 0.3) is 0 Å². The van der Waals surface area contributed by atoms with E-state index in [0.717, 1.165) is 24.0 Å². The average molecular weight is 274 g/mol. The summed E-state index contributed by atoms with van der Waals surface area (Å²) in [4.78, 5) is 0. The summed E-state index contributed by atoms with van der Waals surface area (Å²) in [6.45, 7) is 2.70. The fourth-order valence-corrected chi connectivity index (χ4v) is 1.82. The topological polar surface area (TPSA) is 21.3 Å². The number of hydrogen-bond acceptors (Lipinski definition) is 2. The van der Waals surface area contributed by atoms with Gasteiger partial charge in [-0.2, -0.15) is 0 Å². The van der Waals surface area contributed by atoms with Gasteiger partial charge in [-0.25, -0.2) is 4.39 Å². The summed E-state index contributed by atoms with van der Waals surface area (Å²) in [7, 11) is 0. The number of nitrogens with one attached hydrogen (secondary N) is 1. The molecule has 1 aromatic rings. The molecule has 0 saturated carbocycles. The second kappa shape index (κ2) is 4.94. The third kappa shape index (κ3) is 2.92. The van der Waals surface area contributed by atoms with Crippen molar-refractivity contribution in [1.29, 1.82) is 0 Å². The zero-order chi connectivity index (χ0) is 10.7. The maximum atomic E-state index is 13.2.